The van der Waals surface area contributed by atoms with Crippen LogP contribution in [0.25, 0.3) is 10.9 Å². The first-order valence-corrected chi connectivity index (χ1v) is 8.09. The maximum atomic E-state index is 12.5. The highest BCUT2D eigenvalue weighted by Gasteiger charge is 2.33. The zero-order valence-corrected chi connectivity index (χ0v) is 13.2. The minimum atomic E-state index is -0.245. The Balaban J connectivity index is 1.72. The van der Waals surface area contributed by atoms with Crippen molar-refractivity contribution in [1.82, 2.24) is 15.5 Å². The number of amides is 1. The number of ether oxygens (including phenoxy) is 1. The quantitative estimate of drug-likeness (QED) is 0.849. The van der Waals surface area contributed by atoms with Crippen molar-refractivity contribution in [3.05, 3.63) is 30.0 Å². The van der Waals surface area contributed by atoms with E-state index in [-0.39, 0.29) is 23.8 Å². The van der Waals surface area contributed by atoms with E-state index in [0.29, 0.717) is 12.2 Å². The topological polar surface area (TPSA) is 84.1 Å². The van der Waals surface area contributed by atoms with Crippen LogP contribution >= 0.6 is 0 Å². The summed E-state index contributed by atoms with van der Waals surface area (Å²) < 4.78 is 5.14. The van der Waals surface area contributed by atoms with Crippen LogP contribution in [0, 0.1) is 5.92 Å². The molecule has 0 saturated heterocycles. The molecule has 0 bridgehead atoms. The zero-order chi connectivity index (χ0) is 16.2. The van der Waals surface area contributed by atoms with Crippen LogP contribution in [0.1, 0.15) is 43.0 Å². The number of hydrogen-bond acceptors (Lipinski definition) is 4. The summed E-state index contributed by atoms with van der Waals surface area (Å²) in [7, 11) is 0. The fraction of sp³-hybridized carbons (Fsp3) is 0.471. The van der Waals surface area contributed by atoms with Crippen LogP contribution in [0.4, 0.5) is 0 Å². The van der Waals surface area contributed by atoms with Gasteiger partial charge in [-0.2, -0.15) is 5.10 Å². The monoisotopic (exact) mass is 315 g/mol. The number of nitrogens with zero attached hydrogens (tertiary/aromatic N) is 1. The Kier molecular flexibility index (Phi) is 4.60. The van der Waals surface area contributed by atoms with Gasteiger partial charge in [0, 0.05) is 17.0 Å². The van der Waals surface area contributed by atoms with Gasteiger partial charge in [0.1, 0.15) is 0 Å². The van der Waals surface area contributed by atoms with Gasteiger partial charge < -0.3 is 10.1 Å². The second kappa shape index (κ2) is 6.81. The Labute approximate surface area is 134 Å². The van der Waals surface area contributed by atoms with Crippen molar-refractivity contribution < 1.29 is 14.3 Å². The van der Waals surface area contributed by atoms with E-state index in [1.165, 1.54) is 0 Å². The van der Waals surface area contributed by atoms with E-state index >= 15 is 0 Å². The summed E-state index contributed by atoms with van der Waals surface area (Å²) in [6.45, 7) is 2.17. The van der Waals surface area contributed by atoms with Crippen molar-refractivity contribution in [2.75, 3.05) is 6.61 Å². The van der Waals surface area contributed by atoms with Crippen molar-refractivity contribution in [3.63, 3.8) is 0 Å². The van der Waals surface area contributed by atoms with Gasteiger partial charge in [-0.3, -0.25) is 14.7 Å². The smallest absolute Gasteiger partial charge is 0.311 e. The van der Waals surface area contributed by atoms with E-state index in [9.17, 15) is 9.59 Å². The zero-order valence-electron chi connectivity index (χ0n) is 13.2. The lowest BCUT2D eigenvalue weighted by Crippen LogP contribution is -2.45. The van der Waals surface area contributed by atoms with Gasteiger partial charge in [0.2, 0.25) is 0 Å². The lowest BCUT2D eigenvalue weighted by Gasteiger charge is -2.30. The Morgan fingerprint density at radius 1 is 1.35 bits per heavy atom. The van der Waals surface area contributed by atoms with E-state index in [1.54, 1.807) is 25.3 Å². The van der Waals surface area contributed by atoms with Gasteiger partial charge >= 0.3 is 5.97 Å². The van der Waals surface area contributed by atoms with Crippen LogP contribution in [0.2, 0.25) is 0 Å². The fourth-order valence-corrected chi connectivity index (χ4v) is 3.17. The third kappa shape index (κ3) is 3.36. The highest BCUT2D eigenvalue weighted by molar-refractivity contribution is 5.98. The number of carbonyl (C=O) groups is 2. The molecule has 3 rings (SSSR count). The molecule has 6 heteroatoms. The van der Waals surface area contributed by atoms with Crippen molar-refractivity contribution in [2.45, 2.75) is 38.6 Å². The molecule has 1 aliphatic rings. The van der Waals surface area contributed by atoms with Crippen molar-refractivity contribution in [1.29, 1.82) is 0 Å². The average Bonchev–Trinajstić information content (AvgIpc) is 3.03. The number of carbonyl (C=O) groups excluding carboxylic acids is 2. The van der Waals surface area contributed by atoms with Gasteiger partial charge in [-0.25, -0.2) is 0 Å². The van der Waals surface area contributed by atoms with Gasteiger partial charge in [0.25, 0.3) is 5.91 Å². The molecule has 1 fully saturated rings. The maximum Gasteiger partial charge on any atom is 0.311 e. The number of H-pyrrole nitrogens is 1. The molecular weight excluding hydrogens is 294 g/mol. The van der Waals surface area contributed by atoms with Gasteiger partial charge in [-0.05, 0) is 38.0 Å². The highest BCUT2D eigenvalue weighted by Crippen LogP contribution is 2.26. The number of aromatic amines is 1. The van der Waals surface area contributed by atoms with Crippen LogP contribution in [0.5, 0.6) is 0 Å². The normalized spacial score (nSPS) is 21.1. The Morgan fingerprint density at radius 3 is 3.00 bits per heavy atom. The second-order valence-electron chi connectivity index (χ2n) is 5.89. The average molecular weight is 315 g/mol. The summed E-state index contributed by atoms with van der Waals surface area (Å²) in [4.78, 5) is 24.6. The minimum Gasteiger partial charge on any atom is -0.466 e. The molecule has 2 N–H and O–H groups in total. The molecule has 1 aromatic carbocycles. The number of rotatable bonds is 4. The number of benzene rings is 1. The summed E-state index contributed by atoms with van der Waals surface area (Å²) in [5, 5.41) is 10.7. The first-order chi connectivity index (χ1) is 11.2. The number of fused-ring (bicyclic) bond motifs is 1. The molecular formula is C17H21N3O3. The first kappa shape index (κ1) is 15.5. The molecule has 1 aliphatic carbocycles. The van der Waals surface area contributed by atoms with E-state index < -0.39 is 0 Å². The van der Waals surface area contributed by atoms with Crippen molar-refractivity contribution in [3.8, 4) is 0 Å². The minimum absolute atomic E-state index is 0.157. The largest absolute Gasteiger partial charge is 0.466 e. The molecule has 0 spiro atoms. The predicted octanol–water partition coefficient (Wildman–Crippen LogP) is 2.41. The molecule has 23 heavy (non-hydrogen) atoms. The number of nitrogens with one attached hydrogen (secondary N) is 2. The molecule has 1 amide bonds. The van der Waals surface area contributed by atoms with Crippen LogP contribution in [0.15, 0.2) is 24.4 Å². The molecule has 0 radical (unpaired) electrons. The molecule has 122 valence electrons. The molecule has 6 nitrogen and oxygen atoms in total. The number of hydrogen-bond donors (Lipinski definition) is 2. The molecule has 1 aromatic heterocycles. The summed E-state index contributed by atoms with van der Waals surface area (Å²) in [5.74, 6) is -0.609. The van der Waals surface area contributed by atoms with Gasteiger partial charge in [-0.1, -0.05) is 12.8 Å². The van der Waals surface area contributed by atoms with Crippen molar-refractivity contribution in [2.24, 2.45) is 5.92 Å². The van der Waals surface area contributed by atoms with Crippen LogP contribution < -0.4 is 5.32 Å². The van der Waals surface area contributed by atoms with Gasteiger partial charge in [0.05, 0.1) is 24.2 Å². The number of aromatic nitrogens is 2. The molecule has 2 aromatic rings. The van der Waals surface area contributed by atoms with Gasteiger partial charge in [0.15, 0.2) is 0 Å². The summed E-state index contributed by atoms with van der Waals surface area (Å²) >= 11 is 0. The van der Waals surface area contributed by atoms with Crippen LogP contribution in [-0.2, 0) is 9.53 Å². The Bertz CT molecular complexity index is 710. The van der Waals surface area contributed by atoms with Crippen molar-refractivity contribution >= 4 is 22.8 Å². The standard InChI is InChI=1S/C17H21N3O3/c1-2-23-17(22)13-5-3-4-6-15(13)19-16(21)11-7-8-14-12(9-11)10-18-20-14/h7-10,13,15H,2-6H2,1H3,(H,18,20)(H,19,21)/t13-,15+/m1/s1. The SMILES string of the molecule is CCOC(=O)[C@@H]1CCCC[C@@H]1NC(=O)c1ccc2[nH]ncc2c1. The molecule has 1 heterocycles. The first-order valence-electron chi connectivity index (χ1n) is 8.09. The fourth-order valence-electron chi connectivity index (χ4n) is 3.17. The Hall–Kier alpha value is -2.37. The summed E-state index contributed by atoms with van der Waals surface area (Å²) in [6.07, 6.45) is 5.28. The van der Waals surface area contributed by atoms with E-state index in [1.807, 2.05) is 6.07 Å². The van der Waals surface area contributed by atoms with Gasteiger partial charge in [-0.15, -0.1) is 0 Å². The molecule has 0 aliphatic heterocycles. The second-order valence-corrected chi connectivity index (χ2v) is 5.89. The number of esters is 1. The third-order valence-corrected chi connectivity index (χ3v) is 4.37. The Morgan fingerprint density at radius 2 is 2.17 bits per heavy atom. The molecule has 2 atom stereocenters. The lowest BCUT2D eigenvalue weighted by molar-refractivity contribution is -0.150. The highest BCUT2D eigenvalue weighted by atomic mass is 16.5. The maximum absolute atomic E-state index is 12.5. The van der Waals surface area contributed by atoms with E-state index in [0.717, 1.165) is 36.6 Å². The van der Waals surface area contributed by atoms with E-state index in [2.05, 4.69) is 15.5 Å². The predicted molar refractivity (Wildman–Crippen MR) is 85.9 cm³/mol. The third-order valence-electron chi connectivity index (χ3n) is 4.37. The van der Waals surface area contributed by atoms with Crippen LogP contribution in [0.3, 0.4) is 0 Å². The summed E-state index contributed by atoms with van der Waals surface area (Å²) in [5.41, 5.74) is 1.47. The molecule has 0 unspecified atom stereocenters. The molecule has 1 saturated carbocycles. The van der Waals surface area contributed by atoms with E-state index in [4.69, 9.17) is 4.74 Å². The van der Waals surface area contributed by atoms with Crippen LogP contribution in [-0.4, -0.2) is 34.7 Å². The summed E-state index contributed by atoms with van der Waals surface area (Å²) in [6, 6.07) is 5.24. The lowest BCUT2D eigenvalue weighted by atomic mass is 9.84.